The summed E-state index contributed by atoms with van der Waals surface area (Å²) >= 11 is 0. The molecule has 0 saturated carbocycles. The van der Waals surface area contributed by atoms with Crippen molar-refractivity contribution in [1.29, 1.82) is 0 Å². The fraction of sp³-hybridized carbons (Fsp3) is 0.727. The molecule has 0 N–H and O–H groups in total. The average Bonchev–Trinajstić information content (AvgIpc) is 2.87. The molecule has 2 atom stereocenters. The number of carbonyl (C=O) groups excluding carboxylic acids is 1. The lowest BCUT2D eigenvalue weighted by atomic mass is 10.1. The van der Waals surface area contributed by atoms with E-state index in [1.807, 2.05) is 0 Å². The van der Waals surface area contributed by atoms with E-state index in [2.05, 4.69) is 13.5 Å². The van der Waals surface area contributed by atoms with Gasteiger partial charge in [0.1, 0.15) is 0 Å². The van der Waals surface area contributed by atoms with E-state index in [1.54, 1.807) is 0 Å². The molecule has 0 aromatic carbocycles. The maximum Gasteiger partial charge on any atom is 0.330 e. The quantitative estimate of drug-likeness (QED) is 0.272. The van der Waals surface area contributed by atoms with Gasteiger partial charge in [-0.1, -0.05) is 13.0 Å². The van der Waals surface area contributed by atoms with Crippen LogP contribution in [0, 0.1) is 0 Å². The summed E-state index contributed by atoms with van der Waals surface area (Å²) in [6, 6.07) is 0. The Balaban J connectivity index is 1.80. The SMILES string of the molecule is C=CC(=O)OCCCCCC1OC1C. The average molecular weight is 198 g/mol. The minimum atomic E-state index is -0.329. The normalized spacial score (nSPS) is 24.4. The molecule has 80 valence electrons. The Bertz CT molecular complexity index is 201. The monoisotopic (exact) mass is 198 g/mol. The zero-order chi connectivity index (χ0) is 10.4. The van der Waals surface area contributed by atoms with E-state index in [0.29, 0.717) is 18.8 Å². The van der Waals surface area contributed by atoms with Crippen LogP contribution in [0.15, 0.2) is 12.7 Å². The molecule has 14 heavy (non-hydrogen) atoms. The molecule has 1 rings (SSSR count). The number of hydrogen-bond donors (Lipinski definition) is 0. The second-order valence-electron chi connectivity index (χ2n) is 3.60. The molecule has 3 nitrogen and oxygen atoms in total. The van der Waals surface area contributed by atoms with Crippen LogP contribution in [0.2, 0.25) is 0 Å². The zero-order valence-electron chi connectivity index (χ0n) is 8.70. The highest BCUT2D eigenvalue weighted by atomic mass is 16.6. The number of carbonyl (C=O) groups is 1. The largest absolute Gasteiger partial charge is 0.463 e. The Hall–Kier alpha value is -0.830. The van der Waals surface area contributed by atoms with Gasteiger partial charge in [0.2, 0.25) is 0 Å². The van der Waals surface area contributed by atoms with Crippen LogP contribution < -0.4 is 0 Å². The lowest BCUT2D eigenvalue weighted by Gasteiger charge is -2.00. The summed E-state index contributed by atoms with van der Waals surface area (Å²) < 4.78 is 10.1. The standard InChI is InChI=1S/C11H18O3/c1-3-11(12)13-8-6-4-5-7-10-9(2)14-10/h3,9-10H,1,4-8H2,2H3. The van der Waals surface area contributed by atoms with Crippen LogP contribution in [-0.4, -0.2) is 24.8 Å². The van der Waals surface area contributed by atoms with Crippen LogP contribution in [0.1, 0.15) is 32.6 Å². The molecule has 0 radical (unpaired) electrons. The van der Waals surface area contributed by atoms with Gasteiger partial charge in [0, 0.05) is 6.08 Å². The van der Waals surface area contributed by atoms with Gasteiger partial charge in [0.25, 0.3) is 0 Å². The van der Waals surface area contributed by atoms with Crippen LogP contribution in [0.3, 0.4) is 0 Å². The minimum Gasteiger partial charge on any atom is -0.463 e. The van der Waals surface area contributed by atoms with Gasteiger partial charge in [0.05, 0.1) is 18.8 Å². The third-order valence-corrected chi connectivity index (χ3v) is 2.38. The molecule has 0 bridgehead atoms. The fourth-order valence-electron chi connectivity index (χ4n) is 1.39. The van der Waals surface area contributed by atoms with E-state index < -0.39 is 0 Å². The first kappa shape index (κ1) is 11.2. The Labute approximate surface area is 85.1 Å². The number of hydrogen-bond acceptors (Lipinski definition) is 3. The first-order valence-electron chi connectivity index (χ1n) is 5.18. The molecule has 1 heterocycles. The third-order valence-electron chi connectivity index (χ3n) is 2.38. The summed E-state index contributed by atoms with van der Waals surface area (Å²) in [4.78, 5) is 10.6. The van der Waals surface area contributed by atoms with Crippen molar-refractivity contribution in [1.82, 2.24) is 0 Å². The number of esters is 1. The maximum absolute atomic E-state index is 10.6. The fourth-order valence-corrected chi connectivity index (χ4v) is 1.39. The second kappa shape index (κ2) is 5.81. The van der Waals surface area contributed by atoms with E-state index in [9.17, 15) is 4.79 Å². The van der Waals surface area contributed by atoms with Crippen LogP contribution in [0.4, 0.5) is 0 Å². The Morgan fingerprint density at radius 1 is 1.50 bits per heavy atom. The molecule has 0 aromatic rings. The lowest BCUT2D eigenvalue weighted by molar-refractivity contribution is -0.137. The van der Waals surface area contributed by atoms with Crippen molar-refractivity contribution >= 4 is 5.97 Å². The topological polar surface area (TPSA) is 38.8 Å². The molecule has 3 heteroatoms. The van der Waals surface area contributed by atoms with E-state index in [4.69, 9.17) is 9.47 Å². The number of unbranched alkanes of at least 4 members (excludes halogenated alkanes) is 2. The van der Waals surface area contributed by atoms with Gasteiger partial charge < -0.3 is 9.47 Å². The van der Waals surface area contributed by atoms with Crippen molar-refractivity contribution < 1.29 is 14.3 Å². The van der Waals surface area contributed by atoms with Gasteiger partial charge in [0.15, 0.2) is 0 Å². The van der Waals surface area contributed by atoms with Crippen LogP contribution in [-0.2, 0) is 14.3 Å². The number of epoxide rings is 1. The van der Waals surface area contributed by atoms with Crippen molar-refractivity contribution in [2.24, 2.45) is 0 Å². The molecule has 0 spiro atoms. The van der Waals surface area contributed by atoms with Crippen molar-refractivity contribution in [2.45, 2.75) is 44.8 Å². The molecular weight excluding hydrogens is 180 g/mol. The minimum absolute atomic E-state index is 0.329. The molecule has 0 amide bonds. The summed E-state index contributed by atoms with van der Waals surface area (Å²) in [6.07, 6.45) is 6.47. The molecule has 1 fully saturated rings. The van der Waals surface area contributed by atoms with Crippen molar-refractivity contribution in [3.63, 3.8) is 0 Å². The maximum atomic E-state index is 10.6. The van der Waals surface area contributed by atoms with Gasteiger partial charge in [-0.05, 0) is 26.2 Å². The highest BCUT2D eigenvalue weighted by Crippen LogP contribution is 2.26. The molecule has 0 aliphatic carbocycles. The summed E-state index contributed by atoms with van der Waals surface area (Å²) in [6.45, 7) is 5.92. The highest BCUT2D eigenvalue weighted by Gasteiger charge is 2.32. The van der Waals surface area contributed by atoms with Crippen LogP contribution in [0.5, 0.6) is 0 Å². The lowest BCUT2D eigenvalue weighted by Crippen LogP contribution is -2.01. The number of ether oxygens (including phenoxy) is 2. The Morgan fingerprint density at radius 3 is 2.79 bits per heavy atom. The highest BCUT2D eigenvalue weighted by molar-refractivity contribution is 5.81. The second-order valence-corrected chi connectivity index (χ2v) is 3.60. The van der Waals surface area contributed by atoms with Crippen molar-refractivity contribution in [2.75, 3.05) is 6.61 Å². The molecule has 1 saturated heterocycles. The van der Waals surface area contributed by atoms with E-state index >= 15 is 0 Å². The Kier molecular flexibility index (Phi) is 4.66. The Morgan fingerprint density at radius 2 is 2.21 bits per heavy atom. The molecule has 0 aromatic heterocycles. The van der Waals surface area contributed by atoms with E-state index in [0.717, 1.165) is 25.7 Å². The summed E-state index contributed by atoms with van der Waals surface area (Å²) in [7, 11) is 0. The van der Waals surface area contributed by atoms with Gasteiger partial charge >= 0.3 is 5.97 Å². The van der Waals surface area contributed by atoms with Crippen molar-refractivity contribution in [3.8, 4) is 0 Å². The van der Waals surface area contributed by atoms with Gasteiger partial charge in [-0.2, -0.15) is 0 Å². The third kappa shape index (κ3) is 4.42. The predicted molar refractivity (Wildman–Crippen MR) is 54.0 cm³/mol. The van der Waals surface area contributed by atoms with E-state index in [1.165, 1.54) is 6.08 Å². The van der Waals surface area contributed by atoms with Gasteiger partial charge in [-0.25, -0.2) is 4.79 Å². The summed E-state index contributed by atoms with van der Waals surface area (Å²) in [5.41, 5.74) is 0. The predicted octanol–water partition coefficient (Wildman–Crippen LogP) is 2.06. The summed E-state index contributed by atoms with van der Waals surface area (Å²) in [5.74, 6) is -0.329. The van der Waals surface area contributed by atoms with Gasteiger partial charge in [-0.15, -0.1) is 0 Å². The first-order valence-corrected chi connectivity index (χ1v) is 5.18. The molecule has 1 aliphatic rings. The zero-order valence-corrected chi connectivity index (χ0v) is 8.70. The van der Waals surface area contributed by atoms with Crippen LogP contribution >= 0.6 is 0 Å². The smallest absolute Gasteiger partial charge is 0.330 e. The number of rotatable bonds is 7. The molecule has 1 aliphatic heterocycles. The van der Waals surface area contributed by atoms with Gasteiger partial charge in [-0.3, -0.25) is 0 Å². The summed E-state index contributed by atoms with van der Waals surface area (Å²) in [5, 5.41) is 0. The van der Waals surface area contributed by atoms with Crippen LogP contribution in [0.25, 0.3) is 0 Å². The first-order chi connectivity index (χ1) is 6.74. The van der Waals surface area contributed by atoms with E-state index in [-0.39, 0.29) is 5.97 Å². The molecule has 2 unspecified atom stereocenters. The van der Waals surface area contributed by atoms with Crippen molar-refractivity contribution in [3.05, 3.63) is 12.7 Å². The molecular formula is C11H18O3.